The van der Waals surface area contributed by atoms with Gasteiger partial charge in [-0.3, -0.25) is 0 Å². The highest BCUT2D eigenvalue weighted by molar-refractivity contribution is 7.91. The molecule has 0 unspecified atom stereocenters. The van der Waals surface area contributed by atoms with Gasteiger partial charge >= 0.3 is 0 Å². The monoisotopic (exact) mass is 179 g/mol. The molecule has 1 atom stereocenters. The van der Waals surface area contributed by atoms with Gasteiger partial charge in [0.15, 0.2) is 9.84 Å². The van der Waals surface area contributed by atoms with E-state index in [1.54, 1.807) is 0 Å². The molecule has 0 saturated carbocycles. The molecule has 2 N–H and O–H groups in total. The second-order valence-electron chi connectivity index (χ2n) is 2.50. The molecule has 1 aliphatic rings. The standard InChI is InChI=1S/C5H9NO2S2/c6-5(9)4-1-2-10(7,8)3-4/h4H,1-3H2,(H2,6,9)/t4-/m0/s1. The molecule has 0 aromatic rings. The van der Waals surface area contributed by atoms with Crippen molar-refractivity contribution in [2.24, 2.45) is 11.7 Å². The highest BCUT2D eigenvalue weighted by atomic mass is 32.2. The van der Waals surface area contributed by atoms with Crippen molar-refractivity contribution in [3.05, 3.63) is 0 Å². The van der Waals surface area contributed by atoms with E-state index in [4.69, 9.17) is 5.73 Å². The van der Waals surface area contributed by atoms with Crippen molar-refractivity contribution >= 4 is 27.0 Å². The largest absolute Gasteiger partial charge is 0.393 e. The van der Waals surface area contributed by atoms with E-state index >= 15 is 0 Å². The zero-order valence-corrected chi connectivity index (χ0v) is 7.04. The molecule has 0 spiro atoms. The fourth-order valence-corrected chi connectivity index (χ4v) is 3.10. The van der Waals surface area contributed by atoms with Gasteiger partial charge in [0.25, 0.3) is 0 Å². The van der Waals surface area contributed by atoms with Gasteiger partial charge in [0, 0.05) is 5.92 Å². The molecule has 0 bridgehead atoms. The molecule has 0 aromatic heterocycles. The van der Waals surface area contributed by atoms with Crippen LogP contribution >= 0.6 is 12.2 Å². The minimum absolute atomic E-state index is 0.0694. The Morgan fingerprint density at radius 1 is 1.60 bits per heavy atom. The Kier molecular flexibility index (Phi) is 1.96. The average Bonchev–Trinajstić information content (AvgIpc) is 2.10. The van der Waals surface area contributed by atoms with Crippen LogP contribution in [0.1, 0.15) is 6.42 Å². The molecule has 0 radical (unpaired) electrons. The minimum atomic E-state index is -2.81. The van der Waals surface area contributed by atoms with Crippen molar-refractivity contribution in [2.75, 3.05) is 11.5 Å². The van der Waals surface area contributed by atoms with Crippen LogP contribution in [-0.4, -0.2) is 24.9 Å². The van der Waals surface area contributed by atoms with Gasteiger partial charge in [-0.15, -0.1) is 0 Å². The molecular weight excluding hydrogens is 170 g/mol. The molecule has 5 heteroatoms. The predicted octanol–water partition coefficient (Wildman–Crippen LogP) is -0.293. The molecule has 1 fully saturated rings. The second-order valence-corrected chi connectivity index (χ2v) is 5.20. The predicted molar refractivity (Wildman–Crippen MR) is 43.5 cm³/mol. The summed E-state index contributed by atoms with van der Waals surface area (Å²) in [6.45, 7) is 0. The highest BCUT2D eigenvalue weighted by Gasteiger charge is 2.29. The van der Waals surface area contributed by atoms with E-state index in [2.05, 4.69) is 12.2 Å². The first-order valence-electron chi connectivity index (χ1n) is 3.01. The number of nitrogens with two attached hydrogens (primary N) is 1. The van der Waals surface area contributed by atoms with Gasteiger partial charge < -0.3 is 5.73 Å². The third-order valence-electron chi connectivity index (χ3n) is 1.63. The van der Waals surface area contributed by atoms with Crippen LogP contribution in [0.3, 0.4) is 0 Å². The summed E-state index contributed by atoms with van der Waals surface area (Å²) in [7, 11) is -2.81. The van der Waals surface area contributed by atoms with Crippen LogP contribution in [0.25, 0.3) is 0 Å². The van der Waals surface area contributed by atoms with Crippen molar-refractivity contribution in [1.29, 1.82) is 0 Å². The fourth-order valence-electron chi connectivity index (χ4n) is 1.02. The maximum atomic E-state index is 10.8. The molecular formula is C5H9NO2S2. The number of rotatable bonds is 1. The fraction of sp³-hybridized carbons (Fsp3) is 0.800. The van der Waals surface area contributed by atoms with Crippen molar-refractivity contribution in [1.82, 2.24) is 0 Å². The summed E-state index contributed by atoms with van der Waals surface area (Å²) in [6.07, 6.45) is 0.609. The van der Waals surface area contributed by atoms with Gasteiger partial charge in [0.1, 0.15) is 0 Å². The molecule has 58 valence electrons. The van der Waals surface area contributed by atoms with Gasteiger partial charge in [0.2, 0.25) is 0 Å². The Balaban J connectivity index is 2.69. The minimum Gasteiger partial charge on any atom is -0.393 e. The number of hydrogen-bond donors (Lipinski definition) is 1. The lowest BCUT2D eigenvalue weighted by Gasteiger charge is -2.01. The van der Waals surface area contributed by atoms with Gasteiger partial charge in [-0.05, 0) is 6.42 Å². The Morgan fingerprint density at radius 3 is 2.40 bits per heavy atom. The smallest absolute Gasteiger partial charge is 0.151 e. The van der Waals surface area contributed by atoms with Crippen molar-refractivity contribution in [3.63, 3.8) is 0 Å². The summed E-state index contributed by atoms with van der Waals surface area (Å²) in [6, 6.07) is 0. The molecule has 1 aliphatic heterocycles. The molecule has 0 amide bonds. The third kappa shape index (κ3) is 1.67. The van der Waals surface area contributed by atoms with E-state index in [0.717, 1.165) is 0 Å². The Labute approximate surface area is 65.5 Å². The lowest BCUT2D eigenvalue weighted by Crippen LogP contribution is -2.21. The maximum absolute atomic E-state index is 10.8. The summed E-state index contributed by atoms with van der Waals surface area (Å²) in [5.74, 6) is 0.331. The topological polar surface area (TPSA) is 60.2 Å². The van der Waals surface area contributed by atoms with Crippen LogP contribution in [0.4, 0.5) is 0 Å². The van der Waals surface area contributed by atoms with Gasteiger partial charge in [-0.2, -0.15) is 0 Å². The molecule has 0 aromatic carbocycles. The van der Waals surface area contributed by atoms with E-state index in [-0.39, 0.29) is 17.4 Å². The number of thiocarbonyl (C=S) groups is 1. The lowest BCUT2D eigenvalue weighted by molar-refractivity contribution is 0.601. The van der Waals surface area contributed by atoms with Crippen LogP contribution < -0.4 is 5.73 Å². The van der Waals surface area contributed by atoms with Crippen molar-refractivity contribution in [3.8, 4) is 0 Å². The summed E-state index contributed by atoms with van der Waals surface area (Å²) in [5, 5.41) is 0. The first-order chi connectivity index (χ1) is 4.51. The first kappa shape index (κ1) is 7.94. The molecule has 0 aliphatic carbocycles. The van der Waals surface area contributed by atoms with Gasteiger partial charge in [-0.1, -0.05) is 12.2 Å². The zero-order valence-electron chi connectivity index (χ0n) is 5.41. The van der Waals surface area contributed by atoms with Crippen LogP contribution in [-0.2, 0) is 9.84 Å². The summed E-state index contributed by atoms with van der Waals surface area (Å²) < 4.78 is 21.7. The second kappa shape index (κ2) is 2.47. The molecule has 1 saturated heterocycles. The third-order valence-corrected chi connectivity index (χ3v) is 3.74. The van der Waals surface area contributed by atoms with Gasteiger partial charge in [0.05, 0.1) is 16.5 Å². The molecule has 1 heterocycles. The Morgan fingerprint density at radius 2 is 2.20 bits per heavy atom. The van der Waals surface area contributed by atoms with E-state index in [9.17, 15) is 8.42 Å². The normalized spacial score (nSPS) is 30.2. The molecule has 10 heavy (non-hydrogen) atoms. The molecule has 3 nitrogen and oxygen atoms in total. The van der Waals surface area contributed by atoms with E-state index in [1.165, 1.54) is 0 Å². The zero-order chi connectivity index (χ0) is 7.78. The first-order valence-corrected chi connectivity index (χ1v) is 5.24. The Hall–Kier alpha value is -0.160. The van der Waals surface area contributed by atoms with E-state index in [1.807, 2.05) is 0 Å². The van der Waals surface area contributed by atoms with Gasteiger partial charge in [-0.25, -0.2) is 8.42 Å². The van der Waals surface area contributed by atoms with Crippen molar-refractivity contribution in [2.45, 2.75) is 6.42 Å². The van der Waals surface area contributed by atoms with Crippen LogP contribution in [0.15, 0.2) is 0 Å². The Bertz CT molecular complexity index is 244. The molecule has 1 rings (SSSR count). The van der Waals surface area contributed by atoms with Crippen LogP contribution in [0.5, 0.6) is 0 Å². The summed E-state index contributed by atoms with van der Waals surface area (Å²) >= 11 is 4.67. The SMILES string of the molecule is NC(=S)[C@H]1CCS(=O)(=O)C1. The van der Waals surface area contributed by atoms with E-state index < -0.39 is 9.84 Å². The van der Waals surface area contributed by atoms with Crippen molar-refractivity contribution < 1.29 is 8.42 Å². The highest BCUT2D eigenvalue weighted by Crippen LogP contribution is 2.17. The summed E-state index contributed by atoms with van der Waals surface area (Å²) in [4.78, 5) is 0.334. The lowest BCUT2D eigenvalue weighted by atomic mass is 10.1. The number of sulfone groups is 1. The quantitative estimate of drug-likeness (QED) is 0.562. The van der Waals surface area contributed by atoms with Crippen LogP contribution in [0, 0.1) is 5.92 Å². The van der Waals surface area contributed by atoms with Crippen LogP contribution in [0.2, 0.25) is 0 Å². The average molecular weight is 179 g/mol. The maximum Gasteiger partial charge on any atom is 0.151 e. The summed E-state index contributed by atoms with van der Waals surface area (Å²) in [5.41, 5.74) is 5.29. The number of hydrogen-bond acceptors (Lipinski definition) is 3. The van der Waals surface area contributed by atoms with E-state index in [0.29, 0.717) is 11.4 Å².